The molecular weight excluding hydrogens is 341 g/mol. The van der Waals surface area contributed by atoms with Crippen LogP contribution in [0.15, 0.2) is 12.1 Å². The number of carbonyl (C=O) groups is 2. The second-order valence-electron chi connectivity index (χ2n) is 5.53. The molecule has 1 aromatic rings. The van der Waals surface area contributed by atoms with Gasteiger partial charge in [-0.2, -0.15) is 4.58 Å². The predicted molar refractivity (Wildman–Crippen MR) is 90.7 cm³/mol. The Morgan fingerprint density at radius 2 is 2.13 bits per heavy atom. The van der Waals surface area contributed by atoms with Crippen LogP contribution in [0.1, 0.15) is 23.2 Å². The number of carboxylic acid groups (broad SMARTS) is 1. The van der Waals surface area contributed by atoms with Crippen LogP contribution in [0.4, 0.5) is 11.4 Å². The maximum absolute atomic E-state index is 12.4. The first-order valence-electron chi connectivity index (χ1n) is 7.20. The monoisotopic (exact) mass is 358 g/mol. The van der Waals surface area contributed by atoms with Gasteiger partial charge in [-0.1, -0.05) is 11.6 Å². The van der Waals surface area contributed by atoms with Gasteiger partial charge in [0.25, 0.3) is 0 Å². The molecule has 1 saturated carbocycles. The fourth-order valence-corrected chi connectivity index (χ4v) is 2.86. The summed E-state index contributed by atoms with van der Waals surface area (Å²) in [6.45, 7) is 0.953. The molecule has 0 saturated heterocycles. The van der Waals surface area contributed by atoms with Crippen molar-refractivity contribution < 1.29 is 19.3 Å². The third-order valence-electron chi connectivity index (χ3n) is 3.89. The average Bonchev–Trinajstić information content (AvgIpc) is 3.30. The number of hydrogen-bond donors (Lipinski definition) is 3. The molecule has 0 bridgehead atoms. The van der Waals surface area contributed by atoms with Gasteiger partial charge in [0.1, 0.15) is 0 Å². The van der Waals surface area contributed by atoms with E-state index in [1.807, 2.05) is 4.58 Å². The molecule has 1 aromatic carbocycles. The number of halogens is 2. The lowest BCUT2D eigenvalue weighted by Crippen LogP contribution is -2.34. The topological polar surface area (TPSA) is 95.4 Å². The lowest BCUT2D eigenvalue weighted by atomic mass is 9.93. The Labute approximate surface area is 144 Å². The Kier molecular flexibility index (Phi) is 5.29. The third-order valence-corrected chi connectivity index (χ3v) is 4.20. The van der Waals surface area contributed by atoms with Gasteiger partial charge in [-0.3, -0.25) is 9.59 Å². The van der Waals surface area contributed by atoms with Crippen molar-refractivity contribution in [2.24, 2.45) is 11.7 Å². The van der Waals surface area contributed by atoms with E-state index in [0.717, 1.165) is 12.8 Å². The molecule has 0 spiro atoms. The predicted octanol–water partition coefficient (Wildman–Crippen LogP) is 1.91. The molecular formula is C15H18Cl2N3O3+. The summed E-state index contributed by atoms with van der Waals surface area (Å²) in [7, 11) is 0. The molecule has 3 rings (SSSR count). The average molecular weight is 359 g/mol. The van der Waals surface area contributed by atoms with E-state index < -0.39 is 17.7 Å². The fraction of sp³-hybridized carbons (Fsp3) is 0.400. The molecule has 1 fully saturated rings. The van der Waals surface area contributed by atoms with Crippen molar-refractivity contribution in [3.8, 4) is 0 Å². The SMILES string of the molecule is Cl.NCCNc1cc2c(cc1Cl)[N+](C1CC1)=CC(C(=O)O)C2=O. The van der Waals surface area contributed by atoms with Crippen molar-refractivity contribution in [2.75, 3.05) is 18.4 Å². The zero-order valence-electron chi connectivity index (χ0n) is 12.3. The Morgan fingerprint density at radius 3 is 2.70 bits per heavy atom. The van der Waals surface area contributed by atoms with Crippen molar-refractivity contribution in [3.05, 3.63) is 22.7 Å². The van der Waals surface area contributed by atoms with Crippen molar-refractivity contribution in [2.45, 2.75) is 18.9 Å². The van der Waals surface area contributed by atoms with Crippen molar-refractivity contribution in [3.63, 3.8) is 0 Å². The van der Waals surface area contributed by atoms with Crippen LogP contribution in [0.2, 0.25) is 5.02 Å². The summed E-state index contributed by atoms with van der Waals surface area (Å²) in [5.74, 6) is -2.68. The van der Waals surface area contributed by atoms with Gasteiger partial charge in [0.15, 0.2) is 24.0 Å². The molecule has 23 heavy (non-hydrogen) atoms. The molecule has 0 radical (unpaired) electrons. The molecule has 1 atom stereocenters. The number of nitrogens with one attached hydrogen (secondary N) is 1. The number of ketones is 1. The zero-order chi connectivity index (χ0) is 15.9. The summed E-state index contributed by atoms with van der Waals surface area (Å²) < 4.78 is 1.88. The van der Waals surface area contributed by atoms with E-state index in [0.29, 0.717) is 35.1 Å². The quantitative estimate of drug-likeness (QED) is 0.551. The summed E-state index contributed by atoms with van der Waals surface area (Å²) in [5.41, 5.74) is 7.14. The standard InChI is InChI=1S/C15H16ClN3O3.ClH/c16-11-6-13-9(5-12(11)18-4-3-17)14(20)10(15(21)22)7-19(13)8-1-2-8;/h5-8,10,18H,1-4,17H2;1H/p+1. The van der Waals surface area contributed by atoms with Crippen LogP contribution in [-0.2, 0) is 4.79 Å². The minimum Gasteiger partial charge on any atom is -0.480 e. The highest BCUT2D eigenvalue weighted by molar-refractivity contribution is 6.34. The summed E-state index contributed by atoms with van der Waals surface area (Å²) in [4.78, 5) is 23.8. The van der Waals surface area contributed by atoms with E-state index in [1.54, 1.807) is 12.1 Å². The Balaban J connectivity index is 0.00000192. The lowest BCUT2D eigenvalue weighted by Gasteiger charge is -2.18. The van der Waals surface area contributed by atoms with Crippen LogP contribution in [0, 0.1) is 5.92 Å². The van der Waals surface area contributed by atoms with Gasteiger partial charge < -0.3 is 16.2 Å². The van der Waals surface area contributed by atoms with Gasteiger partial charge in [-0.15, -0.1) is 12.4 Å². The van der Waals surface area contributed by atoms with Gasteiger partial charge in [0, 0.05) is 32.0 Å². The number of hydrogen-bond acceptors (Lipinski definition) is 4. The van der Waals surface area contributed by atoms with Crippen molar-refractivity contribution in [1.29, 1.82) is 0 Å². The Morgan fingerprint density at radius 1 is 1.43 bits per heavy atom. The van der Waals surface area contributed by atoms with Crippen molar-refractivity contribution in [1.82, 2.24) is 0 Å². The van der Waals surface area contributed by atoms with Gasteiger partial charge in [-0.05, 0) is 6.07 Å². The lowest BCUT2D eigenvalue weighted by molar-refractivity contribution is -0.454. The second kappa shape index (κ2) is 6.86. The highest BCUT2D eigenvalue weighted by atomic mass is 35.5. The fourth-order valence-electron chi connectivity index (χ4n) is 2.64. The molecule has 124 valence electrons. The number of carboxylic acids is 1. The molecule has 1 heterocycles. The minimum absolute atomic E-state index is 0. The van der Waals surface area contributed by atoms with Crippen LogP contribution in [0.25, 0.3) is 0 Å². The zero-order valence-corrected chi connectivity index (χ0v) is 13.9. The number of nitrogens with two attached hydrogens (primary N) is 1. The maximum Gasteiger partial charge on any atom is 0.324 e. The summed E-state index contributed by atoms with van der Waals surface area (Å²) in [5, 5.41) is 12.8. The summed E-state index contributed by atoms with van der Waals surface area (Å²) in [6, 6.07) is 3.61. The Bertz CT molecular complexity index is 687. The summed E-state index contributed by atoms with van der Waals surface area (Å²) >= 11 is 6.26. The second-order valence-corrected chi connectivity index (χ2v) is 5.94. The number of benzene rings is 1. The summed E-state index contributed by atoms with van der Waals surface area (Å²) in [6.07, 6.45) is 3.48. The van der Waals surface area contributed by atoms with Gasteiger partial charge >= 0.3 is 5.97 Å². The molecule has 1 aliphatic carbocycles. The molecule has 1 unspecified atom stereocenters. The highest BCUT2D eigenvalue weighted by Gasteiger charge is 2.44. The Hall–Kier alpha value is -1.63. The molecule has 2 aliphatic rings. The molecule has 1 aliphatic heterocycles. The normalized spacial score (nSPS) is 19.5. The van der Waals surface area contributed by atoms with Gasteiger partial charge in [0.2, 0.25) is 5.69 Å². The van der Waals surface area contributed by atoms with E-state index in [-0.39, 0.29) is 18.4 Å². The third kappa shape index (κ3) is 3.34. The smallest absolute Gasteiger partial charge is 0.324 e. The first-order chi connectivity index (χ1) is 10.5. The molecule has 0 aromatic heterocycles. The van der Waals surface area contributed by atoms with E-state index >= 15 is 0 Å². The number of carbonyl (C=O) groups excluding carboxylic acids is 1. The molecule has 8 heteroatoms. The number of anilines is 1. The van der Waals surface area contributed by atoms with Crippen molar-refractivity contribution >= 4 is 53.3 Å². The first kappa shape index (κ1) is 17.7. The van der Waals surface area contributed by atoms with Gasteiger partial charge in [-0.25, -0.2) is 0 Å². The molecule has 6 nitrogen and oxygen atoms in total. The molecule has 4 N–H and O–H groups in total. The molecule has 0 amide bonds. The van der Waals surface area contributed by atoms with Crippen LogP contribution >= 0.6 is 24.0 Å². The number of aliphatic carboxylic acids is 1. The number of fused-ring (bicyclic) bond motifs is 1. The largest absolute Gasteiger partial charge is 0.480 e. The first-order valence-corrected chi connectivity index (χ1v) is 7.58. The number of Topliss-reactive ketones (excluding diaryl/α,β-unsaturated/α-hetero) is 1. The highest BCUT2D eigenvalue weighted by Crippen LogP contribution is 2.39. The van der Waals surface area contributed by atoms with Crippen LogP contribution in [-0.4, -0.2) is 46.8 Å². The maximum atomic E-state index is 12.4. The van der Waals surface area contributed by atoms with Crippen LogP contribution in [0.5, 0.6) is 0 Å². The van der Waals surface area contributed by atoms with E-state index in [1.165, 1.54) is 6.21 Å². The van der Waals surface area contributed by atoms with E-state index in [4.69, 9.17) is 17.3 Å². The minimum atomic E-state index is -1.14. The van der Waals surface area contributed by atoms with Gasteiger partial charge in [0.05, 0.1) is 16.3 Å². The van der Waals surface area contributed by atoms with E-state index in [2.05, 4.69) is 5.32 Å². The number of rotatable bonds is 5. The van der Waals surface area contributed by atoms with Crippen LogP contribution < -0.4 is 11.1 Å². The number of nitrogens with zero attached hydrogens (tertiary/aromatic N) is 1. The van der Waals surface area contributed by atoms with Crippen LogP contribution in [0.3, 0.4) is 0 Å². The van der Waals surface area contributed by atoms with E-state index in [9.17, 15) is 14.7 Å².